The average molecular weight is 281 g/mol. The Morgan fingerprint density at radius 2 is 2.00 bits per heavy atom. The van der Waals surface area contributed by atoms with Gasteiger partial charge in [0.25, 0.3) is 5.19 Å². The molecule has 1 heterocycles. The number of hydrogen-bond acceptors (Lipinski definition) is 6. The third-order valence-corrected chi connectivity index (χ3v) is 3.18. The summed E-state index contributed by atoms with van der Waals surface area (Å²) in [6.45, 7) is 6.21. The van der Waals surface area contributed by atoms with Crippen LogP contribution in [0.3, 0.4) is 0 Å². The number of hydrogen-bond donors (Lipinski definition) is 0. The van der Waals surface area contributed by atoms with E-state index in [2.05, 4.69) is 4.98 Å². The number of thiazole rings is 1. The summed E-state index contributed by atoms with van der Waals surface area (Å²) in [5, 5.41) is 0.317. The van der Waals surface area contributed by atoms with Gasteiger partial charge in [-0.2, -0.15) is 4.98 Å². The lowest BCUT2D eigenvalue weighted by Crippen LogP contribution is -2.01. The molecule has 0 fully saturated rings. The fraction of sp³-hybridized carbons (Fsp3) is 0.385. The molecule has 0 aliphatic heterocycles. The maximum atomic E-state index is 11.0. The Kier molecular flexibility index (Phi) is 4.21. The van der Waals surface area contributed by atoms with Crippen LogP contribution in [-0.4, -0.2) is 24.2 Å². The first-order chi connectivity index (χ1) is 9.15. The Bertz CT molecular complexity index is 594. The number of carbonyl (C=O) groups is 1. The largest absolute Gasteiger partial charge is 0.490 e. The summed E-state index contributed by atoms with van der Waals surface area (Å²) in [5.41, 5.74) is 0.661. The summed E-state index contributed by atoms with van der Waals surface area (Å²) >= 11 is 1.30. The summed E-state index contributed by atoms with van der Waals surface area (Å²) in [4.78, 5) is 15.2. The van der Waals surface area contributed by atoms with E-state index in [1.165, 1.54) is 18.3 Å². The fourth-order valence-electron chi connectivity index (χ4n) is 1.65. The number of carbonyl (C=O) groups excluding carboxylic acids is 1. The third-order valence-electron chi connectivity index (χ3n) is 2.28. The number of esters is 1. The standard InChI is InChI=1S/C13H15NO4S/c1-4-16-9-6-7-10-11(12(9)17-5-2)14-13(19-10)18-8(3)15/h6-7H,4-5H2,1-3H3. The molecule has 0 saturated carbocycles. The highest BCUT2D eigenvalue weighted by molar-refractivity contribution is 7.20. The molecule has 0 amide bonds. The molecule has 0 N–H and O–H groups in total. The summed E-state index contributed by atoms with van der Waals surface area (Å²) < 4.78 is 17.0. The van der Waals surface area contributed by atoms with E-state index in [4.69, 9.17) is 14.2 Å². The quantitative estimate of drug-likeness (QED) is 0.788. The van der Waals surface area contributed by atoms with Gasteiger partial charge in [0.05, 0.1) is 17.9 Å². The second kappa shape index (κ2) is 5.88. The van der Waals surface area contributed by atoms with Crippen molar-refractivity contribution in [2.24, 2.45) is 0 Å². The lowest BCUT2D eigenvalue weighted by atomic mass is 10.3. The zero-order chi connectivity index (χ0) is 13.8. The van der Waals surface area contributed by atoms with E-state index in [0.717, 1.165) is 4.70 Å². The minimum Gasteiger partial charge on any atom is -0.490 e. The first-order valence-corrected chi connectivity index (χ1v) is 6.84. The highest BCUT2D eigenvalue weighted by Crippen LogP contribution is 2.40. The monoisotopic (exact) mass is 281 g/mol. The van der Waals surface area contributed by atoms with Crippen LogP contribution >= 0.6 is 11.3 Å². The zero-order valence-corrected chi connectivity index (χ0v) is 11.9. The smallest absolute Gasteiger partial charge is 0.309 e. The van der Waals surface area contributed by atoms with Crippen LogP contribution in [0.4, 0.5) is 0 Å². The van der Waals surface area contributed by atoms with Gasteiger partial charge in [0.1, 0.15) is 5.52 Å². The van der Waals surface area contributed by atoms with Crippen LogP contribution in [0.25, 0.3) is 10.2 Å². The first kappa shape index (κ1) is 13.6. The third kappa shape index (κ3) is 2.96. The molecule has 1 aromatic heterocycles. The van der Waals surface area contributed by atoms with Gasteiger partial charge in [-0.1, -0.05) is 11.3 Å². The van der Waals surface area contributed by atoms with E-state index in [1.54, 1.807) is 0 Å². The predicted molar refractivity (Wildman–Crippen MR) is 73.3 cm³/mol. The molecule has 19 heavy (non-hydrogen) atoms. The summed E-state index contributed by atoms with van der Waals surface area (Å²) in [6.07, 6.45) is 0. The van der Waals surface area contributed by atoms with Crippen LogP contribution in [0, 0.1) is 0 Å². The fourth-order valence-corrected chi connectivity index (χ4v) is 2.51. The topological polar surface area (TPSA) is 57.7 Å². The second-order valence-corrected chi connectivity index (χ2v) is 4.67. The summed E-state index contributed by atoms with van der Waals surface area (Å²) in [6, 6.07) is 3.72. The molecule has 2 aromatic rings. The van der Waals surface area contributed by atoms with E-state index in [0.29, 0.717) is 35.4 Å². The minimum atomic E-state index is -0.387. The van der Waals surface area contributed by atoms with Crippen molar-refractivity contribution in [3.63, 3.8) is 0 Å². The van der Waals surface area contributed by atoms with Crippen LogP contribution in [0.2, 0.25) is 0 Å². The zero-order valence-electron chi connectivity index (χ0n) is 11.1. The summed E-state index contributed by atoms with van der Waals surface area (Å²) in [7, 11) is 0. The number of fused-ring (bicyclic) bond motifs is 1. The van der Waals surface area contributed by atoms with Gasteiger partial charge in [-0.25, -0.2) is 0 Å². The van der Waals surface area contributed by atoms with Gasteiger partial charge < -0.3 is 14.2 Å². The van der Waals surface area contributed by atoms with E-state index >= 15 is 0 Å². The van der Waals surface area contributed by atoms with Crippen molar-refractivity contribution in [2.45, 2.75) is 20.8 Å². The van der Waals surface area contributed by atoms with E-state index in [9.17, 15) is 4.79 Å². The number of rotatable bonds is 5. The molecular weight excluding hydrogens is 266 g/mol. The number of nitrogens with zero attached hydrogens (tertiary/aromatic N) is 1. The molecule has 0 unspecified atom stereocenters. The summed E-state index contributed by atoms with van der Waals surface area (Å²) in [5.74, 6) is 0.857. The Labute approximate surface area is 115 Å². The molecule has 0 saturated heterocycles. The van der Waals surface area contributed by atoms with Gasteiger partial charge >= 0.3 is 5.97 Å². The van der Waals surface area contributed by atoms with Gasteiger partial charge in [-0.15, -0.1) is 0 Å². The normalized spacial score (nSPS) is 10.5. The molecule has 0 atom stereocenters. The number of aromatic nitrogens is 1. The van der Waals surface area contributed by atoms with Gasteiger partial charge in [0, 0.05) is 6.92 Å². The molecule has 0 aliphatic carbocycles. The first-order valence-electron chi connectivity index (χ1n) is 6.03. The van der Waals surface area contributed by atoms with E-state index in [-0.39, 0.29) is 5.97 Å². The molecule has 0 radical (unpaired) electrons. The predicted octanol–water partition coefficient (Wildman–Crippen LogP) is 3.02. The van der Waals surface area contributed by atoms with Crippen molar-refractivity contribution >= 4 is 27.5 Å². The lowest BCUT2D eigenvalue weighted by Gasteiger charge is -2.10. The molecule has 5 nitrogen and oxygen atoms in total. The molecule has 0 bridgehead atoms. The van der Waals surface area contributed by atoms with Gasteiger partial charge in [0.2, 0.25) is 0 Å². The van der Waals surface area contributed by atoms with Gasteiger partial charge in [-0.3, -0.25) is 4.79 Å². The van der Waals surface area contributed by atoms with Crippen LogP contribution in [-0.2, 0) is 4.79 Å². The molecule has 0 spiro atoms. The Morgan fingerprint density at radius 3 is 2.63 bits per heavy atom. The van der Waals surface area contributed by atoms with Crippen molar-refractivity contribution in [2.75, 3.05) is 13.2 Å². The SMILES string of the molecule is CCOc1ccc2sc(OC(C)=O)nc2c1OCC. The maximum Gasteiger partial charge on any atom is 0.309 e. The van der Waals surface area contributed by atoms with E-state index in [1.807, 2.05) is 26.0 Å². The Hall–Kier alpha value is -1.82. The Morgan fingerprint density at radius 1 is 1.26 bits per heavy atom. The maximum absolute atomic E-state index is 11.0. The lowest BCUT2D eigenvalue weighted by molar-refractivity contribution is -0.131. The molecular formula is C13H15NO4S. The van der Waals surface area contributed by atoms with Crippen molar-refractivity contribution < 1.29 is 19.0 Å². The Balaban J connectivity index is 2.49. The molecule has 2 rings (SSSR count). The average Bonchev–Trinajstić information content (AvgIpc) is 2.74. The highest BCUT2D eigenvalue weighted by atomic mass is 32.1. The van der Waals surface area contributed by atoms with Crippen molar-refractivity contribution in [1.29, 1.82) is 0 Å². The molecule has 0 aliphatic rings. The number of benzene rings is 1. The minimum absolute atomic E-state index is 0.317. The van der Waals surface area contributed by atoms with E-state index < -0.39 is 0 Å². The van der Waals surface area contributed by atoms with Gasteiger partial charge in [0.15, 0.2) is 11.5 Å². The molecule has 1 aromatic carbocycles. The molecule has 102 valence electrons. The van der Waals surface area contributed by atoms with Gasteiger partial charge in [-0.05, 0) is 26.0 Å². The second-order valence-electron chi connectivity index (χ2n) is 3.68. The van der Waals surface area contributed by atoms with Crippen molar-refractivity contribution in [3.05, 3.63) is 12.1 Å². The van der Waals surface area contributed by atoms with Crippen LogP contribution in [0.15, 0.2) is 12.1 Å². The van der Waals surface area contributed by atoms with Crippen LogP contribution < -0.4 is 14.2 Å². The van der Waals surface area contributed by atoms with Crippen molar-refractivity contribution in [1.82, 2.24) is 4.98 Å². The molecule has 6 heteroatoms. The van der Waals surface area contributed by atoms with Crippen molar-refractivity contribution in [3.8, 4) is 16.7 Å². The van der Waals surface area contributed by atoms with Crippen LogP contribution in [0.5, 0.6) is 16.7 Å². The number of ether oxygens (including phenoxy) is 3. The van der Waals surface area contributed by atoms with Crippen LogP contribution in [0.1, 0.15) is 20.8 Å². The highest BCUT2D eigenvalue weighted by Gasteiger charge is 2.16.